The average molecular weight is 391 g/mol. The Balaban J connectivity index is 1.57. The predicted octanol–water partition coefficient (Wildman–Crippen LogP) is 4.08. The normalized spacial score (nSPS) is 15.5. The second-order valence-corrected chi connectivity index (χ2v) is 7.07. The highest BCUT2D eigenvalue weighted by molar-refractivity contribution is 5.93. The summed E-state index contributed by atoms with van der Waals surface area (Å²) in [5.74, 6) is -0.433. The van der Waals surface area contributed by atoms with Gasteiger partial charge in [0, 0.05) is 31.9 Å². The highest BCUT2D eigenvalue weighted by Crippen LogP contribution is 2.34. The topological polar surface area (TPSA) is 35.6 Å². The van der Waals surface area contributed by atoms with E-state index in [1.54, 1.807) is 0 Å². The van der Waals surface area contributed by atoms with E-state index >= 15 is 0 Å². The Bertz CT molecular complexity index is 843. The highest BCUT2D eigenvalue weighted by atomic mass is 19.4. The monoisotopic (exact) mass is 391 g/mol. The van der Waals surface area contributed by atoms with Crippen molar-refractivity contribution in [3.63, 3.8) is 0 Å². The van der Waals surface area contributed by atoms with Crippen molar-refractivity contribution in [1.82, 2.24) is 4.90 Å². The Labute approximate surface area is 162 Å². The molecule has 0 aliphatic carbocycles. The van der Waals surface area contributed by atoms with Gasteiger partial charge in [-0.2, -0.15) is 13.2 Å². The maximum absolute atomic E-state index is 13.1. The first kappa shape index (κ1) is 20.2. The van der Waals surface area contributed by atoms with Crippen LogP contribution in [0.3, 0.4) is 0 Å². The smallest absolute Gasteiger partial charge is 0.369 e. The Kier molecular flexibility index (Phi) is 5.93. The molecule has 4 nitrogen and oxygen atoms in total. The molecule has 3 rings (SSSR count). The lowest BCUT2D eigenvalue weighted by molar-refractivity contribution is -0.137. The minimum atomic E-state index is -4.50. The summed E-state index contributed by atoms with van der Waals surface area (Å²) in [6, 6.07) is 11.3. The molecule has 1 heterocycles. The summed E-state index contributed by atoms with van der Waals surface area (Å²) in [5, 5.41) is 2.41. The average Bonchev–Trinajstić information content (AvgIpc) is 2.64. The lowest BCUT2D eigenvalue weighted by Gasteiger charge is -2.36. The fraction of sp³-hybridized carbons (Fsp3) is 0.381. The van der Waals surface area contributed by atoms with E-state index in [1.165, 1.54) is 35.0 Å². The number of nitrogens with one attached hydrogen (secondary N) is 1. The summed E-state index contributed by atoms with van der Waals surface area (Å²) >= 11 is 0. The third kappa shape index (κ3) is 4.65. The van der Waals surface area contributed by atoms with E-state index in [0.29, 0.717) is 13.1 Å². The molecule has 1 amide bonds. The van der Waals surface area contributed by atoms with Gasteiger partial charge in [-0.25, -0.2) is 0 Å². The number of hydrogen-bond donors (Lipinski definition) is 1. The fourth-order valence-corrected chi connectivity index (χ4v) is 3.46. The van der Waals surface area contributed by atoms with Crippen LogP contribution in [0.25, 0.3) is 0 Å². The van der Waals surface area contributed by atoms with Gasteiger partial charge in [0.25, 0.3) is 0 Å². The van der Waals surface area contributed by atoms with Crippen molar-refractivity contribution in [2.45, 2.75) is 20.0 Å². The largest absolute Gasteiger partial charge is 0.418 e. The molecule has 0 unspecified atom stereocenters. The highest BCUT2D eigenvalue weighted by Gasteiger charge is 2.33. The number of nitrogens with zero attached hydrogens (tertiary/aromatic N) is 2. The van der Waals surface area contributed by atoms with Crippen molar-refractivity contribution < 1.29 is 18.0 Å². The number of halogens is 3. The molecule has 0 saturated carbocycles. The lowest BCUT2D eigenvalue weighted by Crippen LogP contribution is -2.49. The predicted molar refractivity (Wildman–Crippen MR) is 105 cm³/mol. The molecule has 150 valence electrons. The zero-order valence-corrected chi connectivity index (χ0v) is 16.0. The molecule has 1 aliphatic heterocycles. The first-order valence-corrected chi connectivity index (χ1v) is 9.25. The second kappa shape index (κ2) is 8.22. The van der Waals surface area contributed by atoms with Gasteiger partial charge >= 0.3 is 6.18 Å². The van der Waals surface area contributed by atoms with Crippen molar-refractivity contribution in [3.05, 3.63) is 59.2 Å². The van der Waals surface area contributed by atoms with Gasteiger partial charge in [-0.15, -0.1) is 0 Å². The van der Waals surface area contributed by atoms with Crippen LogP contribution in [0.15, 0.2) is 42.5 Å². The van der Waals surface area contributed by atoms with Crippen LogP contribution in [0.1, 0.15) is 16.7 Å². The quantitative estimate of drug-likeness (QED) is 0.853. The lowest BCUT2D eigenvalue weighted by atomic mass is 10.1. The molecule has 0 aromatic heterocycles. The number of anilines is 2. The molecular formula is C21H24F3N3O. The molecule has 0 spiro atoms. The minimum Gasteiger partial charge on any atom is -0.369 e. The molecule has 1 saturated heterocycles. The van der Waals surface area contributed by atoms with Crippen LogP contribution in [0, 0.1) is 13.8 Å². The van der Waals surface area contributed by atoms with Crippen LogP contribution in [0.4, 0.5) is 24.5 Å². The molecule has 1 aliphatic rings. The van der Waals surface area contributed by atoms with Crippen molar-refractivity contribution in [1.29, 1.82) is 0 Å². The molecule has 2 aromatic rings. The number of carbonyl (C=O) groups excluding carboxylic acids is 1. The van der Waals surface area contributed by atoms with Crippen LogP contribution >= 0.6 is 0 Å². The van der Waals surface area contributed by atoms with E-state index in [4.69, 9.17) is 0 Å². The van der Waals surface area contributed by atoms with Crippen molar-refractivity contribution in [2.24, 2.45) is 0 Å². The van der Waals surface area contributed by atoms with Gasteiger partial charge in [-0.05, 0) is 43.2 Å². The first-order valence-electron chi connectivity index (χ1n) is 9.25. The third-order valence-corrected chi connectivity index (χ3v) is 5.16. The zero-order valence-electron chi connectivity index (χ0n) is 16.0. The SMILES string of the molecule is Cc1cccc(N2CCN(CC(=O)Nc3ccccc3C(F)(F)F)CC2)c1C. The number of rotatable bonds is 4. The molecule has 0 atom stereocenters. The van der Waals surface area contributed by atoms with Crippen LogP contribution in [-0.2, 0) is 11.0 Å². The summed E-state index contributed by atoms with van der Waals surface area (Å²) in [6.45, 7) is 7.17. The van der Waals surface area contributed by atoms with E-state index in [0.717, 1.165) is 19.2 Å². The van der Waals surface area contributed by atoms with Gasteiger partial charge in [0.05, 0.1) is 17.8 Å². The Morgan fingerprint density at radius 2 is 1.68 bits per heavy atom. The summed E-state index contributed by atoms with van der Waals surface area (Å²) in [6.07, 6.45) is -4.50. The minimum absolute atomic E-state index is 0.0762. The van der Waals surface area contributed by atoms with E-state index in [9.17, 15) is 18.0 Å². The number of para-hydroxylation sites is 1. The van der Waals surface area contributed by atoms with Crippen molar-refractivity contribution >= 4 is 17.3 Å². The first-order chi connectivity index (χ1) is 13.3. The molecule has 1 fully saturated rings. The van der Waals surface area contributed by atoms with Crippen LogP contribution < -0.4 is 10.2 Å². The van der Waals surface area contributed by atoms with Gasteiger partial charge < -0.3 is 10.2 Å². The molecule has 2 aromatic carbocycles. The number of carbonyl (C=O) groups is 1. The summed E-state index contributed by atoms with van der Waals surface area (Å²) < 4.78 is 39.2. The molecule has 1 N–H and O–H groups in total. The number of amides is 1. The maximum atomic E-state index is 13.1. The van der Waals surface area contributed by atoms with Gasteiger partial charge in [0.15, 0.2) is 0 Å². The summed E-state index contributed by atoms with van der Waals surface area (Å²) in [5.41, 5.74) is 2.65. The number of aryl methyl sites for hydroxylation is 1. The number of benzene rings is 2. The van der Waals surface area contributed by atoms with Gasteiger partial charge in [-0.3, -0.25) is 9.69 Å². The Morgan fingerprint density at radius 3 is 2.36 bits per heavy atom. The van der Waals surface area contributed by atoms with E-state index in [2.05, 4.69) is 36.2 Å². The number of hydrogen-bond acceptors (Lipinski definition) is 3. The molecule has 28 heavy (non-hydrogen) atoms. The van der Waals surface area contributed by atoms with E-state index in [-0.39, 0.29) is 12.2 Å². The number of alkyl halides is 3. The summed E-state index contributed by atoms with van der Waals surface area (Å²) in [4.78, 5) is 16.5. The summed E-state index contributed by atoms with van der Waals surface area (Å²) in [7, 11) is 0. The Hall–Kier alpha value is -2.54. The molecule has 0 bridgehead atoms. The second-order valence-electron chi connectivity index (χ2n) is 7.07. The van der Waals surface area contributed by atoms with Gasteiger partial charge in [0.2, 0.25) is 5.91 Å². The van der Waals surface area contributed by atoms with Gasteiger partial charge in [-0.1, -0.05) is 24.3 Å². The third-order valence-electron chi connectivity index (χ3n) is 5.16. The Morgan fingerprint density at radius 1 is 1.00 bits per heavy atom. The maximum Gasteiger partial charge on any atom is 0.418 e. The zero-order chi connectivity index (χ0) is 20.3. The van der Waals surface area contributed by atoms with E-state index in [1.807, 2.05) is 11.0 Å². The standard InChI is InChI=1S/C21H24F3N3O/c1-15-6-5-9-19(16(15)2)27-12-10-26(11-13-27)14-20(28)25-18-8-4-3-7-17(18)21(22,23)24/h3-9H,10-14H2,1-2H3,(H,25,28). The fourth-order valence-electron chi connectivity index (χ4n) is 3.46. The number of piperazine rings is 1. The molecule has 7 heteroatoms. The van der Waals surface area contributed by atoms with Crippen molar-refractivity contribution in [3.8, 4) is 0 Å². The molecule has 0 radical (unpaired) electrons. The molecular weight excluding hydrogens is 367 g/mol. The van der Waals surface area contributed by atoms with Crippen LogP contribution in [0.2, 0.25) is 0 Å². The van der Waals surface area contributed by atoms with Gasteiger partial charge in [0.1, 0.15) is 0 Å². The van der Waals surface area contributed by atoms with E-state index < -0.39 is 17.6 Å². The van der Waals surface area contributed by atoms with Crippen LogP contribution in [-0.4, -0.2) is 43.5 Å². The van der Waals surface area contributed by atoms with Crippen LogP contribution in [0.5, 0.6) is 0 Å². The van der Waals surface area contributed by atoms with Crippen molar-refractivity contribution in [2.75, 3.05) is 42.9 Å².